The fourth-order valence-corrected chi connectivity index (χ4v) is 2.61. The van der Waals surface area contributed by atoms with E-state index in [1.807, 2.05) is 12.1 Å². The Morgan fingerprint density at radius 3 is 2.23 bits per heavy atom. The van der Waals surface area contributed by atoms with Crippen molar-refractivity contribution in [2.45, 2.75) is 6.18 Å². The Balaban J connectivity index is 2.22. The first-order valence-electron chi connectivity index (χ1n) is 6.52. The first-order valence-corrected chi connectivity index (χ1v) is 6.52. The van der Waals surface area contributed by atoms with Gasteiger partial charge in [0.05, 0.1) is 16.8 Å². The average molecular weight is 304 g/mol. The molecular weight excluding hydrogens is 293 g/mol. The number of para-hydroxylation sites is 1. The molecule has 0 bridgehead atoms. The molecule has 0 saturated heterocycles. The third-order valence-electron chi connectivity index (χ3n) is 3.66. The lowest BCUT2D eigenvalue weighted by atomic mass is 10.1. The Kier molecular flexibility index (Phi) is 3.24. The summed E-state index contributed by atoms with van der Waals surface area (Å²) in [5.41, 5.74) is 1.33. The fraction of sp³-hybridized carbons (Fsp3) is 0.125. The average Bonchev–Trinajstić information content (AvgIpc) is 2.79. The van der Waals surface area contributed by atoms with Gasteiger partial charge in [-0.3, -0.25) is 0 Å². The van der Waals surface area contributed by atoms with Crippen LogP contribution in [0, 0.1) is 4.91 Å². The van der Waals surface area contributed by atoms with Crippen LogP contribution in [0.15, 0.2) is 53.7 Å². The van der Waals surface area contributed by atoms with Crippen LogP contribution in [0.2, 0.25) is 0 Å². The maximum atomic E-state index is 12.6. The van der Waals surface area contributed by atoms with E-state index in [0.29, 0.717) is 16.6 Å². The van der Waals surface area contributed by atoms with Gasteiger partial charge < -0.3 is 4.57 Å². The van der Waals surface area contributed by atoms with Gasteiger partial charge in [0.25, 0.3) is 0 Å². The predicted octanol–water partition coefficient (Wildman–Crippen LogP) is 5.26. The summed E-state index contributed by atoms with van der Waals surface area (Å²) in [4.78, 5) is 11.2. The van der Waals surface area contributed by atoms with Crippen LogP contribution < -0.4 is 0 Å². The van der Waals surface area contributed by atoms with E-state index in [1.54, 1.807) is 23.7 Å². The van der Waals surface area contributed by atoms with Crippen molar-refractivity contribution in [1.82, 2.24) is 4.57 Å². The number of halogens is 3. The van der Waals surface area contributed by atoms with Crippen LogP contribution >= 0.6 is 0 Å². The number of nitrogens with zero attached hydrogens (tertiary/aromatic N) is 2. The summed E-state index contributed by atoms with van der Waals surface area (Å²) in [6.45, 7) is 0. The Bertz CT molecular complexity index is 848. The molecule has 2 aromatic carbocycles. The van der Waals surface area contributed by atoms with Crippen molar-refractivity contribution in [3.05, 3.63) is 59.0 Å². The molecule has 22 heavy (non-hydrogen) atoms. The lowest BCUT2D eigenvalue weighted by Crippen LogP contribution is -2.04. The SMILES string of the molecule is Cn1c(-c2ccc(C(F)(F)F)cc2)c(N=O)c2ccccc21. The lowest BCUT2D eigenvalue weighted by Gasteiger charge is -2.09. The second kappa shape index (κ2) is 4.98. The van der Waals surface area contributed by atoms with Gasteiger partial charge in [0.1, 0.15) is 5.69 Å². The monoisotopic (exact) mass is 304 g/mol. The number of benzene rings is 2. The van der Waals surface area contributed by atoms with Gasteiger partial charge in [0, 0.05) is 18.0 Å². The van der Waals surface area contributed by atoms with Gasteiger partial charge in [-0.15, -0.1) is 4.91 Å². The largest absolute Gasteiger partial charge is 0.416 e. The summed E-state index contributed by atoms with van der Waals surface area (Å²) in [6, 6.07) is 11.9. The van der Waals surface area contributed by atoms with Crippen molar-refractivity contribution in [2.75, 3.05) is 0 Å². The molecule has 0 aliphatic rings. The van der Waals surface area contributed by atoms with Crippen LogP contribution in [0.25, 0.3) is 22.2 Å². The molecular formula is C16H11F3N2O. The molecule has 0 aliphatic carbocycles. The first-order chi connectivity index (χ1) is 10.4. The molecule has 0 amide bonds. The van der Waals surface area contributed by atoms with Gasteiger partial charge in [0.2, 0.25) is 0 Å². The molecule has 0 atom stereocenters. The number of aromatic nitrogens is 1. The highest BCUT2D eigenvalue weighted by molar-refractivity contribution is 6.00. The predicted molar refractivity (Wildman–Crippen MR) is 78.8 cm³/mol. The zero-order chi connectivity index (χ0) is 15.9. The van der Waals surface area contributed by atoms with Gasteiger partial charge in [-0.25, -0.2) is 0 Å². The van der Waals surface area contributed by atoms with E-state index in [0.717, 1.165) is 17.6 Å². The van der Waals surface area contributed by atoms with Gasteiger partial charge in [-0.2, -0.15) is 13.2 Å². The van der Waals surface area contributed by atoms with E-state index in [9.17, 15) is 18.1 Å². The molecule has 0 radical (unpaired) electrons. The van der Waals surface area contributed by atoms with Gasteiger partial charge in [-0.05, 0) is 23.4 Å². The maximum absolute atomic E-state index is 12.6. The summed E-state index contributed by atoms with van der Waals surface area (Å²) in [7, 11) is 1.75. The number of nitroso groups, excluding NO2 is 1. The van der Waals surface area contributed by atoms with Crippen molar-refractivity contribution in [3.63, 3.8) is 0 Å². The minimum Gasteiger partial charge on any atom is -0.342 e. The smallest absolute Gasteiger partial charge is 0.342 e. The summed E-state index contributed by atoms with van der Waals surface area (Å²) in [6.07, 6.45) is -4.39. The number of alkyl halides is 3. The normalized spacial score (nSPS) is 11.8. The molecule has 0 spiro atoms. The number of fused-ring (bicyclic) bond motifs is 1. The van der Waals surface area contributed by atoms with Crippen LogP contribution in [0.3, 0.4) is 0 Å². The molecule has 0 N–H and O–H groups in total. The summed E-state index contributed by atoms with van der Waals surface area (Å²) in [5.74, 6) is 0. The van der Waals surface area contributed by atoms with E-state index in [4.69, 9.17) is 0 Å². The van der Waals surface area contributed by atoms with E-state index in [2.05, 4.69) is 5.18 Å². The second-order valence-corrected chi connectivity index (χ2v) is 4.94. The lowest BCUT2D eigenvalue weighted by molar-refractivity contribution is -0.137. The molecule has 1 heterocycles. The highest BCUT2D eigenvalue weighted by Gasteiger charge is 2.30. The third kappa shape index (κ3) is 2.16. The summed E-state index contributed by atoms with van der Waals surface area (Å²) < 4.78 is 39.7. The molecule has 0 saturated carbocycles. The first kappa shape index (κ1) is 14.3. The molecule has 0 unspecified atom stereocenters. The van der Waals surface area contributed by atoms with Gasteiger partial charge >= 0.3 is 6.18 Å². The molecule has 0 fully saturated rings. The van der Waals surface area contributed by atoms with Gasteiger partial charge in [0.15, 0.2) is 0 Å². The van der Waals surface area contributed by atoms with Crippen molar-refractivity contribution < 1.29 is 13.2 Å². The number of hydrogen-bond donors (Lipinski definition) is 0. The number of rotatable bonds is 2. The fourth-order valence-electron chi connectivity index (χ4n) is 2.61. The quantitative estimate of drug-likeness (QED) is 0.594. The topological polar surface area (TPSA) is 34.4 Å². The molecule has 3 aromatic rings. The zero-order valence-corrected chi connectivity index (χ0v) is 11.6. The molecule has 0 aliphatic heterocycles. The highest BCUT2D eigenvalue weighted by atomic mass is 19.4. The van der Waals surface area contributed by atoms with Crippen LogP contribution in [-0.2, 0) is 13.2 Å². The Morgan fingerprint density at radius 2 is 1.64 bits per heavy atom. The van der Waals surface area contributed by atoms with E-state index >= 15 is 0 Å². The Hall–Kier alpha value is -2.63. The maximum Gasteiger partial charge on any atom is 0.416 e. The van der Waals surface area contributed by atoms with Crippen LogP contribution in [0.5, 0.6) is 0 Å². The van der Waals surface area contributed by atoms with E-state index < -0.39 is 11.7 Å². The van der Waals surface area contributed by atoms with Gasteiger partial charge in [-0.1, -0.05) is 30.3 Å². The second-order valence-electron chi connectivity index (χ2n) is 4.94. The minimum absolute atomic E-state index is 0.234. The minimum atomic E-state index is -4.39. The van der Waals surface area contributed by atoms with Crippen molar-refractivity contribution in [3.8, 4) is 11.3 Å². The summed E-state index contributed by atoms with van der Waals surface area (Å²) >= 11 is 0. The number of hydrogen-bond acceptors (Lipinski definition) is 2. The zero-order valence-electron chi connectivity index (χ0n) is 11.6. The molecule has 1 aromatic heterocycles. The molecule has 6 heteroatoms. The van der Waals surface area contributed by atoms with E-state index in [1.165, 1.54) is 12.1 Å². The van der Waals surface area contributed by atoms with Crippen LogP contribution in [-0.4, -0.2) is 4.57 Å². The number of aryl methyl sites for hydroxylation is 1. The van der Waals surface area contributed by atoms with Crippen LogP contribution in [0.4, 0.5) is 18.9 Å². The standard InChI is InChI=1S/C16H11F3N2O/c1-21-13-5-3-2-4-12(13)14(20-22)15(21)10-6-8-11(9-7-10)16(17,18)19/h2-9H,1H3. The third-order valence-corrected chi connectivity index (χ3v) is 3.66. The molecule has 3 rings (SSSR count). The van der Waals surface area contributed by atoms with Crippen LogP contribution in [0.1, 0.15) is 5.56 Å². The highest BCUT2D eigenvalue weighted by Crippen LogP contribution is 2.40. The Morgan fingerprint density at radius 1 is 1.00 bits per heavy atom. The van der Waals surface area contributed by atoms with E-state index in [-0.39, 0.29) is 5.69 Å². The molecule has 3 nitrogen and oxygen atoms in total. The van der Waals surface area contributed by atoms with Crippen molar-refractivity contribution >= 4 is 16.6 Å². The Labute approximate surface area is 124 Å². The van der Waals surface area contributed by atoms with Crippen molar-refractivity contribution in [1.29, 1.82) is 0 Å². The molecule has 112 valence electrons. The summed E-state index contributed by atoms with van der Waals surface area (Å²) in [5, 5.41) is 3.75. The van der Waals surface area contributed by atoms with Crippen molar-refractivity contribution in [2.24, 2.45) is 12.2 Å².